The maximum atomic E-state index is 13.4. The van der Waals surface area contributed by atoms with Gasteiger partial charge in [0.15, 0.2) is 0 Å². The van der Waals surface area contributed by atoms with Crippen molar-refractivity contribution in [1.29, 1.82) is 0 Å². The molecule has 0 amide bonds. The predicted molar refractivity (Wildman–Crippen MR) is 100 cm³/mol. The highest BCUT2D eigenvalue weighted by molar-refractivity contribution is 5.88. The lowest BCUT2D eigenvalue weighted by Crippen LogP contribution is -2.10. The maximum Gasteiger partial charge on any atom is 0.418 e. The Morgan fingerprint density at radius 1 is 0.893 bits per heavy atom. The van der Waals surface area contributed by atoms with E-state index in [1.807, 2.05) is 0 Å². The van der Waals surface area contributed by atoms with Gasteiger partial charge in [0.25, 0.3) is 5.69 Å². The first-order valence-corrected chi connectivity index (χ1v) is 8.38. The highest BCUT2D eigenvalue weighted by Crippen LogP contribution is 2.36. The Bertz CT molecular complexity index is 1200. The van der Waals surface area contributed by atoms with Crippen molar-refractivity contribution in [2.24, 2.45) is 0 Å². The third kappa shape index (κ3) is 3.00. The van der Waals surface area contributed by atoms with Crippen LogP contribution in [-0.2, 0) is 6.18 Å². The lowest BCUT2D eigenvalue weighted by Gasteiger charge is -2.14. The van der Waals surface area contributed by atoms with E-state index in [0.717, 1.165) is 6.07 Å². The van der Waals surface area contributed by atoms with E-state index < -0.39 is 16.7 Å². The number of fused-ring (bicyclic) bond motifs is 1. The van der Waals surface area contributed by atoms with Gasteiger partial charge in [-0.25, -0.2) is 0 Å². The summed E-state index contributed by atoms with van der Waals surface area (Å²) < 4.78 is 41.6. The summed E-state index contributed by atoms with van der Waals surface area (Å²) in [6.45, 7) is 0. The van der Waals surface area contributed by atoms with Crippen molar-refractivity contribution < 1.29 is 18.1 Å². The van der Waals surface area contributed by atoms with Gasteiger partial charge < -0.3 is 4.57 Å². The van der Waals surface area contributed by atoms with Gasteiger partial charge in [0, 0.05) is 17.6 Å². The van der Waals surface area contributed by atoms with Crippen molar-refractivity contribution in [3.8, 4) is 16.8 Å². The van der Waals surface area contributed by atoms with Crippen LogP contribution >= 0.6 is 0 Å². The number of hydrogen-bond acceptors (Lipinski definition) is 2. The number of nitro groups is 1. The van der Waals surface area contributed by atoms with Gasteiger partial charge in [-0.2, -0.15) is 13.2 Å². The van der Waals surface area contributed by atoms with Crippen LogP contribution in [0.25, 0.3) is 27.7 Å². The molecular weight excluding hydrogens is 369 g/mol. The normalized spacial score (nSPS) is 11.7. The zero-order chi connectivity index (χ0) is 19.9. The Morgan fingerprint density at radius 3 is 2.36 bits per heavy atom. The van der Waals surface area contributed by atoms with Gasteiger partial charge in [0.05, 0.1) is 27.3 Å². The Labute approximate surface area is 157 Å². The average molecular weight is 382 g/mol. The van der Waals surface area contributed by atoms with E-state index in [2.05, 4.69) is 0 Å². The fourth-order valence-electron chi connectivity index (χ4n) is 3.32. The molecule has 1 aromatic heterocycles. The summed E-state index contributed by atoms with van der Waals surface area (Å²) in [4.78, 5) is 10.8. The van der Waals surface area contributed by atoms with E-state index in [-0.39, 0.29) is 11.4 Å². The lowest BCUT2D eigenvalue weighted by molar-refractivity contribution is -0.384. The average Bonchev–Trinajstić information content (AvgIpc) is 3.10. The van der Waals surface area contributed by atoms with Gasteiger partial charge in [-0.15, -0.1) is 0 Å². The first kappa shape index (κ1) is 17.8. The molecule has 4 nitrogen and oxygen atoms in total. The Morgan fingerprint density at radius 2 is 1.61 bits per heavy atom. The monoisotopic (exact) mass is 382 g/mol. The second kappa shape index (κ2) is 6.53. The highest BCUT2D eigenvalue weighted by atomic mass is 19.4. The molecule has 0 aliphatic heterocycles. The molecule has 0 unspecified atom stereocenters. The van der Waals surface area contributed by atoms with E-state index in [4.69, 9.17) is 0 Å². The number of aromatic nitrogens is 1. The zero-order valence-electron chi connectivity index (χ0n) is 14.4. The highest BCUT2D eigenvalue weighted by Gasteiger charge is 2.33. The number of para-hydroxylation sites is 2. The van der Waals surface area contributed by atoms with E-state index >= 15 is 0 Å². The van der Waals surface area contributed by atoms with Gasteiger partial charge in [-0.05, 0) is 42.0 Å². The molecule has 1 heterocycles. The first-order valence-electron chi connectivity index (χ1n) is 8.38. The minimum atomic E-state index is -4.47. The minimum Gasteiger partial charge on any atom is -0.316 e. The first-order chi connectivity index (χ1) is 13.4. The molecule has 4 aromatic rings. The van der Waals surface area contributed by atoms with Crippen LogP contribution in [0.5, 0.6) is 0 Å². The van der Waals surface area contributed by atoms with Crippen LogP contribution in [0.4, 0.5) is 18.9 Å². The largest absolute Gasteiger partial charge is 0.418 e. The van der Waals surface area contributed by atoms with Crippen LogP contribution in [0.3, 0.4) is 0 Å². The topological polar surface area (TPSA) is 48.1 Å². The predicted octanol–water partition coefficient (Wildman–Crippen LogP) is 6.22. The van der Waals surface area contributed by atoms with Gasteiger partial charge in [0.2, 0.25) is 0 Å². The molecule has 0 N–H and O–H groups in total. The van der Waals surface area contributed by atoms with Gasteiger partial charge >= 0.3 is 6.18 Å². The molecule has 0 bridgehead atoms. The zero-order valence-corrected chi connectivity index (χ0v) is 14.4. The maximum absolute atomic E-state index is 13.4. The third-order valence-electron chi connectivity index (χ3n) is 4.57. The molecule has 28 heavy (non-hydrogen) atoms. The molecule has 0 saturated carbocycles. The van der Waals surface area contributed by atoms with Crippen molar-refractivity contribution in [1.82, 2.24) is 4.57 Å². The van der Waals surface area contributed by atoms with Crippen molar-refractivity contribution in [3.05, 3.63) is 94.7 Å². The Balaban J connectivity index is 1.87. The van der Waals surface area contributed by atoms with E-state index in [9.17, 15) is 23.3 Å². The van der Waals surface area contributed by atoms with Crippen molar-refractivity contribution in [2.75, 3.05) is 0 Å². The summed E-state index contributed by atoms with van der Waals surface area (Å²) in [5.41, 5.74) is 0.945. The molecule has 0 aliphatic rings. The quantitative estimate of drug-likeness (QED) is 0.312. The summed E-state index contributed by atoms with van der Waals surface area (Å²) >= 11 is 0. The second-order valence-corrected chi connectivity index (χ2v) is 6.25. The number of hydrogen-bond donors (Lipinski definition) is 0. The summed E-state index contributed by atoms with van der Waals surface area (Å²) in [5.74, 6) is 0. The molecule has 0 atom stereocenters. The third-order valence-corrected chi connectivity index (χ3v) is 4.57. The summed E-state index contributed by atoms with van der Waals surface area (Å²) in [6, 6.07) is 18.5. The lowest BCUT2D eigenvalue weighted by atomic mass is 10.0. The molecule has 0 fully saturated rings. The number of benzene rings is 3. The molecular formula is C21H13F3N2O2. The van der Waals surface area contributed by atoms with E-state index in [1.54, 1.807) is 54.7 Å². The summed E-state index contributed by atoms with van der Waals surface area (Å²) in [6.07, 6.45) is -2.91. The van der Waals surface area contributed by atoms with Crippen molar-refractivity contribution in [3.63, 3.8) is 0 Å². The fourth-order valence-corrected chi connectivity index (χ4v) is 3.32. The standard InChI is InChI=1S/C21H13F3N2O2/c22-21(23,24)17-6-2-4-8-20(17)25-12-11-15-13-14(9-10-18(15)25)16-5-1-3-7-19(16)26(27)28/h1-13H. The number of rotatable bonds is 3. The number of nitrogens with zero attached hydrogens (tertiary/aromatic N) is 2. The molecule has 0 radical (unpaired) electrons. The van der Waals surface area contributed by atoms with Gasteiger partial charge in [-0.1, -0.05) is 30.3 Å². The molecule has 0 aliphatic carbocycles. The fraction of sp³-hybridized carbons (Fsp3) is 0.0476. The Hall–Kier alpha value is -3.61. The summed E-state index contributed by atoms with van der Waals surface area (Å²) in [5, 5.41) is 12.0. The van der Waals surface area contributed by atoms with Gasteiger partial charge in [-0.3, -0.25) is 10.1 Å². The molecule has 7 heteroatoms. The van der Waals surface area contributed by atoms with E-state index in [1.165, 1.54) is 22.8 Å². The van der Waals surface area contributed by atoms with Crippen LogP contribution in [0, 0.1) is 10.1 Å². The SMILES string of the molecule is O=[N+]([O-])c1ccccc1-c1ccc2c(ccn2-c2ccccc2C(F)(F)F)c1. The van der Waals surface area contributed by atoms with Crippen molar-refractivity contribution >= 4 is 16.6 Å². The second-order valence-electron chi connectivity index (χ2n) is 6.25. The van der Waals surface area contributed by atoms with Crippen LogP contribution in [-0.4, -0.2) is 9.49 Å². The van der Waals surface area contributed by atoms with Crippen molar-refractivity contribution in [2.45, 2.75) is 6.18 Å². The number of alkyl halides is 3. The molecule has 3 aromatic carbocycles. The smallest absolute Gasteiger partial charge is 0.316 e. The van der Waals surface area contributed by atoms with E-state index in [0.29, 0.717) is 22.0 Å². The Kier molecular flexibility index (Phi) is 4.15. The molecule has 0 spiro atoms. The van der Waals surface area contributed by atoms with Crippen LogP contribution in [0.1, 0.15) is 5.56 Å². The summed E-state index contributed by atoms with van der Waals surface area (Å²) in [7, 11) is 0. The molecule has 0 saturated heterocycles. The number of nitro benzene ring substituents is 1. The van der Waals surface area contributed by atoms with Crippen LogP contribution in [0.15, 0.2) is 79.0 Å². The van der Waals surface area contributed by atoms with Crippen LogP contribution < -0.4 is 0 Å². The van der Waals surface area contributed by atoms with Crippen LogP contribution in [0.2, 0.25) is 0 Å². The van der Waals surface area contributed by atoms with Gasteiger partial charge in [0.1, 0.15) is 0 Å². The minimum absolute atomic E-state index is 0.0244. The molecule has 4 rings (SSSR count). The number of halogens is 3. The molecule has 140 valence electrons.